The van der Waals surface area contributed by atoms with Gasteiger partial charge in [0.05, 0.1) is 27.4 Å². The maximum absolute atomic E-state index is 13.2. The van der Waals surface area contributed by atoms with Crippen LogP contribution in [0, 0.1) is 0 Å². The van der Waals surface area contributed by atoms with Gasteiger partial charge < -0.3 is 9.88 Å². The van der Waals surface area contributed by atoms with Crippen LogP contribution in [-0.2, 0) is 11.6 Å². The normalized spacial score (nSPS) is 12.0. The number of nitrogens with one attached hydrogen (secondary N) is 1. The van der Waals surface area contributed by atoms with Crippen molar-refractivity contribution in [3.8, 4) is 11.1 Å². The highest BCUT2D eigenvalue weighted by atomic mass is 32.1. The van der Waals surface area contributed by atoms with Crippen molar-refractivity contribution < 1.29 is 4.57 Å². The molecule has 5 rings (SSSR count). The molecule has 30 heavy (non-hydrogen) atoms. The molecule has 0 saturated heterocycles. The second-order valence-corrected chi connectivity index (χ2v) is 11.7. The second-order valence-electron chi connectivity index (χ2n) is 7.66. The topological polar surface area (TPSA) is 72.7 Å². The summed E-state index contributed by atoms with van der Waals surface area (Å²) in [5.41, 5.74) is 7.38. The van der Waals surface area contributed by atoms with E-state index in [1.165, 1.54) is 0 Å². The first-order chi connectivity index (χ1) is 14.4. The van der Waals surface area contributed by atoms with Crippen molar-refractivity contribution in [2.45, 2.75) is 0 Å². The van der Waals surface area contributed by atoms with Crippen LogP contribution in [0.2, 0.25) is 0 Å². The third-order valence-corrected chi connectivity index (χ3v) is 7.40. The first kappa shape index (κ1) is 19.0. The molecular weight excluding hydrogens is 413 g/mol. The van der Waals surface area contributed by atoms with Crippen molar-refractivity contribution in [3.63, 3.8) is 0 Å². The molecule has 3 heterocycles. The van der Waals surface area contributed by atoms with E-state index in [1.807, 2.05) is 49.1 Å². The predicted octanol–water partition coefficient (Wildman–Crippen LogP) is 5.24. The molecule has 0 unspecified atom stereocenters. The minimum absolute atomic E-state index is 0.828. The number of nitrogens with zero attached hydrogens (tertiary/aromatic N) is 4. The molecule has 1 N–H and O–H groups in total. The van der Waals surface area contributed by atoms with E-state index in [-0.39, 0.29) is 0 Å². The Kier molecular flexibility index (Phi) is 4.45. The standard InChI is InChI=1S/C22H20N5OPS/c1-27-12-14(11-25-27)16-9-19-17(10-21(16)29(2,3)28)18(6-7-23-19)26-15-4-5-22-20(8-15)24-13-30-22/h4-13H,1-3H3,(H,23,26). The van der Waals surface area contributed by atoms with Gasteiger partial charge in [0.25, 0.3) is 0 Å². The van der Waals surface area contributed by atoms with Gasteiger partial charge in [0.2, 0.25) is 0 Å². The van der Waals surface area contributed by atoms with Crippen LogP contribution in [0.3, 0.4) is 0 Å². The lowest BCUT2D eigenvalue weighted by atomic mass is 10.1. The molecule has 0 aliphatic rings. The number of benzene rings is 2. The van der Waals surface area contributed by atoms with Crippen LogP contribution in [0.4, 0.5) is 11.4 Å². The Labute approximate surface area is 178 Å². The van der Waals surface area contributed by atoms with Crippen molar-refractivity contribution in [1.82, 2.24) is 19.7 Å². The van der Waals surface area contributed by atoms with E-state index in [0.717, 1.165) is 48.9 Å². The van der Waals surface area contributed by atoms with E-state index in [0.29, 0.717) is 0 Å². The highest BCUT2D eigenvalue weighted by Gasteiger charge is 2.20. The zero-order valence-electron chi connectivity index (χ0n) is 16.8. The van der Waals surface area contributed by atoms with Crippen LogP contribution in [0.15, 0.2) is 60.5 Å². The summed E-state index contributed by atoms with van der Waals surface area (Å²) >= 11 is 1.62. The number of aryl methyl sites for hydroxylation is 1. The number of aromatic nitrogens is 4. The van der Waals surface area contributed by atoms with Gasteiger partial charge in [-0.1, -0.05) is 0 Å². The summed E-state index contributed by atoms with van der Waals surface area (Å²) in [4.78, 5) is 8.97. The van der Waals surface area contributed by atoms with Gasteiger partial charge in [-0.25, -0.2) is 4.98 Å². The van der Waals surface area contributed by atoms with E-state index < -0.39 is 7.14 Å². The number of pyridine rings is 1. The fourth-order valence-electron chi connectivity index (χ4n) is 3.62. The van der Waals surface area contributed by atoms with Crippen LogP contribution < -0.4 is 10.6 Å². The van der Waals surface area contributed by atoms with Crippen LogP contribution in [-0.4, -0.2) is 33.1 Å². The largest absolute Gasteiger partial charge is 0.355 e. The Morgan fingerprint density at radius 3 is 2.70 bits per heavy atom. The van der Waals surface area contributed by atoms with Crippen LogP contribution in [0.5, 0.6) is 0 Å². The van der Waals surface area contributed by atoms with Gasteiger partial charge in [-0.05, 0) is 55.3 Å². The van der Waals surface area contributed by atoms with Crippen molar-refractivity contribution in [1.29, 1.82) is 0 Å². The molecule has 0 amide bonds. The predicted molar refractivity (Wildman–Crippen MR) is 126 cm³/mol. The van der Waals surface area contributed by atoms with E-state index >= 15 is 0 Å². The molecule has 6 nitrogen and oxygen atoms in total. The van der Waals surface area contributed by atoms with E-state index in [1.54, 1.807) is 41.7 Å². The summed E-state index contributed by atoms with van der Waals surface area (Å²) in [5, 5.41) is 9.53. The number of rotatable bonds is 4. The molecule has 3 aromatic heterocycles. The van der Waals surface area contributed by atoms with Gasteiger partial charge in [0.15, 0.2) is 0 Å². The fourth-order valence-corrected chi connectivity index (χ4v) is 5.49. The molecular formula is C22H20N5OPS. The number of anilines is 2. The zero-order valence-corrected chi connectivity index (χ0v) is 18.5. The van der Waals surface area contributed by atoms with Gasteiger partial charge in [0.1, 0.15) is 7.14 Å². The molecule has 150 valence electrons. The Hall–Kier alpha value is -3.02. The van der Waals surface area contributed by atoms with Gasteiger partial charge in [-0.3, -0.25) is 9.67 Å². The molecule has 8 heteroatoms. The Morgan fingerprint density at radius 1 is 1.07 bits per heavy atom. The summed E-state index contributed by atoms with van der Waals surface area (Å²) < 4.78 is 16.1. The first-order valence-corrected chi connectivity index (χ1v) is 12.9. The number of fused-ring (bicyclic) bond motifs is 2. The molecule has 0 radical (unpaired) electrons. The molecule has 0 atom stereocenters. The van der Waals surface area contributed by atoms with E-state index in [4.69, 9.17) is 0 Å². The van der Waals surface area contributed by atoms with Crippen molar-refractivity contribution in [2.75, 3.05) is 18.6 Å². The Morgan fingerprint density at radius 2 is 1.93 bits per heavy atom. The third-order valence-electron chi connectivity index (χ3n) is 5.06. The summed E-state index contributed by atoms with van der Waals surface area (Å²) in [6, 6.07) is 12.1. The van der Waals surface area contributed by atoms with Gasteiger partial charge in [-0.15, -0.1) is 11.3 Å². The van der Waals surface area contributed by atoms with Crippen LogP contribution in [0.1, 0.15) is 0 Å². The summed E-state index contributed by atoms with van der Waals surface area (Å²) in [6.45, 7) is 3.60. The molecule has 0 aliphatic carbocycles. The number of hydrogen-bond acceptors (Lipinski definition) is 6. The number of thiazole rings is 1. The van der Waals surface area contributed by atoms with Crippen molar-refractivity contribution >= 4 is 56.3 Å². The molecule has 0 fully saturated rings. The Balaban J connectivity index is 1.67. The quantitative estimate of drug-likeness (QED) is 0.393. The van der Waals surface area contributed by atoms with Crippen LogP contribution >= 0.6 is 18.5 Å². The maximum atomic E-state index is 13.2. The van der Waals surface area contributed by atoms with E-state index in [9.17, 15) is 4.57 Å². The first-order valence-electron chi connectivity index (χ1n) is 9.46. The maximum Gasteiger partial charge on any atom is 0.110 e. The molecule has 5 aromatic rings. The third kappa shape index (κ3) is 3.40. The average molecular weight is 433 g/mol. The van der Waals surface area contributed by atoms with Crippen molar-refractivity contribution in [2.24, 2.45) is 7.05 Å². The van der Waals surface area contributed by atoms with Crippen molar-refractivity contribution in [3.05, 3.63) is 60.5 Å². The molecule has 0 spiro atoms. The van der Waals surface area contributed by atoms with Crippen LogP contribution in [0.25, 0.3) is 32.2 Å². The molecule has 2 aromatic carbocycles. The molecule has 0 saturated carbocycles. The SMILES string of the molecule is Cn1cc(-c2cc3nccc(Nc4ccc5scnc5c4)c3cc2P(C)(C)=O)cn1. The minimum atomic E-state index is -2.54. The second kappa shape index (κ2) is 7.04. The summed E-state index contributed by atoms with van der Waals surface area (Å²) in [7, 11) is -0.668. The molecule has 0 aliphatic heterocycles. The highest BCUT2D eigenvalue weighted by Crippen LogP contribution is 2.41. The summed E-state index contributed by atoms with van der Waals surface area (Å²) in [6.07, 6.45) is 5.52. The highest BCUT2D eigenvalue weighted by molar-refractivity contribution is 7.70. The lowest BCUT2D eigenvalue weighted by Gasteiger charge is -2.16. The zero-order chi connectivity index (χ0) is 20.9. The van der Waals surface area contributed by atoms with E-state index in [2.05, 4.69) is 26.4 Å². The average Bonchev–Trinajstić information content (AvgIpc) is 3.35. The Bertz CT molecular complexity index is 1450. The number of hydrogen-bond donors (Lipinski definition) is 1. The monoisotopic (exact) mass is 433 g/mol. The molecule has 0 bridgehead atoms. The minimum Gasteiger partial charge on any atom is -0.355 e. The lowest BCUT2D eigenvalue weighted by Crippen LogP contribution is -2.08. The fraction of sp³-hybridized carbons (Fsp3) is 0.136. The smallest absolute Gasteiger partial charge is 0.110 e. The van der Waals surface area contributed by atoms with Gasteiger partial charge in [0, 0.05) is 47.1 Å². The lowest BCUT2D eigenvalue weighted by molar-refractivity contribution is 0.588. The van der Waals surface area contributed by atoms with Gasteiger partial charge >= 0.3 is 0 Å². The van der Waals surface area contributed by atoms with Gasteiger partial charge in [-0.2, -0.15) is 5.10 Å². The summed E-state index contributed by atoms with van der Waals surface area (Å²) in [5.74, 6) is 0.